The Kier molecular flexibility index (Phi) is 4.09. The molecule has 0 bridgehead atoms. The van der Waals surface area contributed by atoms with E-state index in [1.54, 1.807) is 11.1 Å². The minimum absolute atomic E-state index is 0.120. The summed E-state index contributed by atoms with van der Waals surface area (Å²) in [5.74, 6) is -0.627. The zero-order valence-electron chi connectivity index (χ0n) is 10.9. The van der Waals surface area contributed by atoms with Gasteiger partial charge in [-0.05, 0) is 25.7 Å². The number of likely N-dealkylation sites (tertiary alicyclic amines) is 1. The summed E-state index contributed by atoms with van der Waals surface area (Å²) in [5.41, 5.74) is 1.13. The van der Waals surface area contributed by atoms with Gasteiger partial charge in [0.15, 0.2) is 0 Å². The van der Waals surface area contributed by atoms with Crippen molar-refractivity contribution in [3.63, 3.8) is 0 Å². The van der Waals surface area contributed by atoms with Gasteiger partial charge in [0.1, 0.15) is 5.69 Å². The maximum atomic E-state index is 12.1. The van der Waals surface area contributed by atoms with Crippen molar-refractivity contribution in [1.29, 1.82) is 0 Å². The van der Waals surface area contributed by atoms with Crippen molar-refractivity contribution in [3.8, 4) is 0 Å². The van der Waals surface area contributed by atoms with Gasteiger partial charge in [-0.1, -0.05) is 0 Å². The number of aromatic nitrogens is 2. The van der Waals surface area contributed by atoms with Crippen LogP contribution in [0.25, 0.3) is 0 Å². The lowest BCUT2D eigenvalue weighted by Gasteiger charge is -2.15. The van der Waals surface area contributed by atoms with E-state index in [0.717, 1.165) is 12.1 Å². The molecule has 1 aliphatic heterocycles. The zero-order valence-corrected chi connectivity index (χ0v) is 10.9. The van der Waals surface area contributed by atoms with Crippen LogP contribution in [0.5, 0.6) is 0 Å². The highest BCUT2D eigenvalue weighted by Gasteiger charge is 2.27. The molecule has 1 fully saturated rings. The van der Waals surface area contributed by atoms with Gasteiger partial charge in [0.25, 0.3) is 5.91 Å². The highest BCUT2D eigenvalue weighted by molar-refractivity contribution is 5.92. The van der Waals surface area contributed by atoms with E-state index < -0.39 is 5.97 Å². The zero-order chi connectivity index (χ0) is 13.8. The third-order valence-electron chi connectivity index (χ3n) is 3.34. The molecule has 19 heavy (non-hydrogen) atoms. The van der Waals surface area contributed by atoms with Crippen molar-refractivity contribution < 1.29 is 14.7 Å². The van der Waals surface area contributed by atoms with E-state index in [1.165, 1.54) is 6.20 Å². The molecule has 1 unspecified atom stereocenters. The Morgan fingerprint density at radius 3 is 2.84 bits per heavy atom. The number of aliphatic carboxylic acids is 1. The van der Waals surface area contributed by atoms with Gasteiger partial charge in [0.05, 0.1) is 11.9 Å². The summed E-state index contributed by atoms with van der Waals surface area (Å²) < 4.78 is 0. The van der Waals surface area contributed by atoms with E-state index >= 15 is 0 Å². The predicted molar refractivity (Wildman–Crippen MR) is 67.6 cm³/mol. The molecule has 1 aromatic rings. The molecular formula is C13H17N3O3. The van der Waals surface area contributed by atoms with E-state index in [2.05, 4.69) is 9.97 Å². The first-order valence-corrected chi connectivity index (χ1v) is 6.36. The fourth-order valence-electron chi connectivity index (χ4n) is 2.25. The molecule has 6 heteroatoms. The number of carboxylic acids is 1. The number of carbonyl (C=O) groups is 2. The Morgan fingerprint density at radius 2 is 2.21 bits per heavy atom. The third-order valence-corrected chi connectivity index (χ3v) is 3.34. The lowest BCUT2D eigenvalue weighted by Crippen LogP contribution is -2.29. The number of rotatable bonds is 4. The molecule has 1 atom stereocenters. The lowest BCUT2D eigenvalue weighted by atomic mass is 10.0. The van der Waals surface area contributed by atoms with Crippen LogP contribution in [0.15, 0.2) is 12.4 Å². The van der Waals surface area contributed by atoms with Gasteiger partial charge in [-0.2, -0.15) is 0 Å². The van der Waals surface area contributed by atoms with Crippen LogP contribution in [0.4, 0.5) is 0 Å². The topological polar surface area (TPSA) is 83.4 Å². The van der Waals surface area contributed by atoms with E-state index in [4.69, 9.17) is 5.11 Å². The smallest absolute Gasteiger partial charge is 0.303 e. The molecule has 102 valence electrons. The molecule has 0 aromatic carbocycles. The SMILES string of the molecule is Cc1cnc(C(=O)N2CCC(CCC(=O)O)C2)cn1. The van der Waals surface area contributed by atoms with Crippen LogP contribution in [0, 0.1) is 12.8 Å². The molecule has 2 rings (SSSR count). The highest BCUT2D eigenvalue weighted by atomic mass is 16.4. The largest absolute Gasteiger partial charge is 0.481 e. The third kappa shape index (κ3) is 3.49. The molecule has 1 aliphatic rings. The maximum absolute atomic E-state index is 12.1. The standard InChI is InChI=1S/C13H17N3O3/c1-9-6-15-11(7-14-9)13(19)16-5-4-10(8-16)2-3-12(17)18/h6-7,10H,2-5,8H2,1H3,(H,17,18). The molecule has 0 radical (unpaired) electrons. The summed E-state index contributed by atoms with van der Waals surface area (Å²) in [5, 5.41) is 8.65. The van der Waals surface area contributed by atoms with Crippen molar-refractivity contribution in [3.05, 3.63) is 23.8 Å². The van der Waals surface area contributed by atoms with Crippen LogP contribution in [-0.2, 0) is 4.79 Å². The highest BCUT2D eigenvalue weighted by Crippen LogP contribution is 2.22. The summed E-state index contributed by atoms with van der Waals surface area (Å²) in [7, 11) is 0. The summed E-state index contributed by atoms with van der Waals surface area (Å²) in [6.45, 7) is 3.10. The summed E-state index contributed by atoms with van der Waals surface area (Å²) in [4.78, 5) is 32.5. The first-order chi connectivity index (χ1) is 9.06. The van der Waals surface area contributed by atoms with Gasteiger partial charge in [-0.25, -0.2) is 4.98 Å². The van der Waals surface area contributed by atoms with Crippen LogP contribution < -0.4 is 0 Å². The van der Waals surface area contributed by atoms with E-state index in [1.807, 2.05) is 6.92 Å². The van der Waals surface area contributed by atoms with Crippen molar-refractivity contribution >= 4 is 11.9 Å². The Labute approximate surface area is 111 Å². The Balaban J connectivity index is 1.91. The van der Waals surface area contributed by atoms with E-state index in [-0.39, 0.29) is 18.2 Å². The van der Waals surface area contributed by atoms with Crippen molar-refractivity contribution in [2.24, 2.45) is 5.92 Å². The van der Waals surface area contributed by atoms with Gasteiger partial charge in [-0.3, -0.25) is 14.6 Å². The van der Waals surface area contributed by atoms with Crippen LogP contribution in [-0.4, -0.2) is 44.9 Å². The molecule has 1 aromatic heterocycles. The first kappa shape index (κ1) is 13.5. The number of carboxylic acid groups (broad SMARTS) is 1. The Bertz CT molecular complexity index is 473. The summed E-state index contributed by atoms with van der Waals surface area (Å²) in [6.07, 6.45) is 4.71. The van der Waals surface area contributed by atoms with Crippen molar-refractivity contribution in [2.45, 2.75) is 26.2 Å². The van der Waals surface area contributed by atoms with Gasteiger partial charge < -0.3 is 10.0 Å². The minimum Gasteiger partial charge on any atom is -0.481 e. The van der Waals surface area contributed by atoms with E-state index in [0.29, 0.717) is 25.2 Å². The van der Waals surface area contributed by atoms with Gasteiger partial charge >= 0.3 is 5.97 Å². The second-order valence-corrected chi connectivity index (χ2v) is 4.88. The maximum Gasteiger partial charge on any atom is 0.303 e. The molecular weight excluding hydrogens is 246 g/mol. The number of hydrogen-bond acceptors (Lipinski definition) is 4. The van der Waals surface area contributed by atoms with E-state index in [9.17, 15) is 9.59 Å². The average molecular weight is 263 g/mol. The van der Waals surface area contributed by atoms with Crippen LogP contribution >= 0.6 is 0 Å². The number of aryl methyl sites for hydroxylation is 1. The first-order valence-electron chi connectivity index (χ1n) is 6.36. The molecule has 0 aliphatic carbocycles. The number of nitrogens with zero attached hydrogens (tertiary/aromatic N) is 3. The van der Waals surface area contributed by atoms with Crippen LogP contribution in [0.2, 0.25) is 0 Å². The molecule has 2 heterocycles. The predicted octanol–water partition coefficient (Wildman–Crippen LogP) is 1.11. The quantitative estimate of drug-likeness (QED) is 0.879. The minimum atomic E-state index is -0.783. The Morgan fingerprint density at radius 1 is 1.42 bits per heavy atom. The Hall–Kier alpha value is -1.98. The number of hydrogen-bond donors (Lipinski definition) is 1. The fourth-order valence-corrected chi connectivity index (χ4v) is 2.25. The summed E-state index contributed by atoms with van der Waals surface area (Å²) >= 11 is 0. The van der Waals surface area contributed by atoms with Gasteiger partial charge in [-0.15, -0.1) is 0 Å². The van der Waals surface area contributed by atoms with Crippen molar-refractivity contribution in [2.75, 3.05) is 13.1 Å². The lowest BCUT2D eigenvalue weighted by molar-refractivity contribution is -0.137. The molecule has 0 saturated carbocycles. The molecule has 0 spiro atoms. The molecule has 1 amide bonds. The molecule has 1 saturated heterocycles. The van der Waals surface area contributed by atoms with Crippen LogP contribution in [0.1, 0.15) is 35.4 Å². The molecule has 1 N–H and O–H groups in total. The normalized spacial score (nSPS) is 18.6. The fraction of sp³-hybridized carbons (Fsp3) is 0.538. The second-order valence-electron chi connectivity index (χ2n) is 4.88. The van der Waals surface area contributed by atoms with Gasteiger partial charge in [0, 0.05) is 25.7 Å². The van der Waals surface area contributed by atoms with Gasteiger partial charge in [0.2, 0.25) is 0 Å². The average Bonchev–Trinajstić information content (AvgIpc) is 2.85. The monoisotopic (exact) mass is 263 g/mol. The number of carbonyl (C=O) groups excluding carboxylic acids is 1. The van der Waals surface area contributed by atoms with Crippen molar-refractivity contribution in [1.82, 2.24) is 14.9 Å². The summed E-state index contributed by atoms with van der Waals surface area (Å²) in [6, 6.07) is 0. The molecule has 6 nitrogen and oxygen atoms in total. The number of amides is 1. The second kappa shape index (κ2) is 5.77. The van der Waals surface area contributed by atoms with Crippen LogP contribution in [0.3, 0.4) is 0 Å².